The molecule has 0 saturated carbocycles. The number of methoxy groups -OCH3 is 1. The van der Waals surface area contributed by atoms with E-state index in [0.29, 0.717) is 55.3 Å². The van der Waals surface area contributed by atoms with E-state index in [4.69, 9.17) is 18.9 Å². The molecule has 0 aromatic carbocycles. The first-order valence-electron chi connectivity index (χ1n) is 8.29. The van der Waals surface area contributed by atoms with Gasteiger partial charge in [-0.1, -0.05) is 0 Å². The summed E-state index contributed by atoms with van der Waals surface area (Å²) < 4.78 is 20.7. The number of pyridine rings is 1. The second kappa shape index (κ2) is 9.75. The maximum atomic E-state index is 12.0. The van der Waals surface area contributed by atoms with Crippen LogP contribution in [0.2, 0.25) is 0 Å². The third-order valence-electron chi connectivity index (χ3n) is 3.53. The minimum absolute atomic E-state index is 0.0536. The van der Waals surface area contributed by atoms with Crippen LogP contribution in [0.1, 0.15) is 19.5 Å². The Bertz CT molecular complexity index is 654. The first-order chi connectivity index (χ1) is 12.5. The van der Waals surface area contributed by atoms with E-state index < -0.39 is 5.54 Å². The number of rotatable bonds is 10. The molecule has 0 saturated heterocycles. The zero-order valence-electron chi connectivity index (χ0n) is 15.2. The minimum atomic E-state index is -0.959. The zero-order chi connectivity index (χ0) is 19.0. The number of esters is 1. The van der Waals surface area contributed by atoms with Gasteiger partial charge in [-0.25, -0.2) is 9.78 Å². The summed E-state index contributed by atoms with van der Waals surface area (Å²) in [6, 6.07) is 1.47. The van der Waals surface area contributed by atoms with E-state index >= 15 is 0 Å². The molecule has 0 fully saturated rings. The lowest BCUT2D eigenvalue weighted by Gasteiger charge is -2.16. The van der Waals surface area contributed by atoms with Crippen molar-refractivity contribution in [3.63, 3.8) is 0 Å². The summed E-state index contributed by atoms with van der Waals surface area (Å²) in [7, 11) is 1.61. The van der Waals surface area contributed by atoms with Gasteiger partial charge in [0.15, 0.2) is 5.54 Å². The number of thioether (sulfide) groups is 1. The molecular weight excluding hydrogens is 360 g/mol. The van der Waals surface area contributed by atoms with Gasteiger partial charge in [0.2, 0.25) is 0 Å². The molecule has 26 heavy (non-hydrogen) atoms. The number of carbonyl (C=O) groups excluding carboxylic acids is 1. The molecule has 1 aliphatic heterocycles. The van der Waals surface area contributed by atoms with Crippen LogP contribution in [0.3, 0.4) is 0 Å². The highest BCUT2D eigenvalue weighted by Gasteiger charge is 2.40. The Kier molecular flexibility index (Phi) is 7.67. The normalized spacial score (nSPS) is 19.3. The van der Waals surface area contributed by atoms with Crippen LogP contribution in [-0.4, -0.2) is 72.5 Å². The molecular formula is C17H24N2O6S. The smallest absolute Gasteiger partial charge is 0.334 e. The fourth-order valence-corrected chi connectivity index (χ4v) is 3.31. The van der Waals surface area contributed by atoms with E-state index in [0.717, 1.165) is 0 Å². The molecule has 9 heteroatoms. The highest BCUT2D eigenvalue weighted by atomic mass is 32.2. The average molecular weight is 384 g/mol. The number of hydrogen-bond acceptors (Lipinski definition) is 9. The molecule has 8 nitrogen and oxygen atoms in total. The Morgan fingerprint density at radius 2 is 2.12 bits per heavy atom. The summed E-state index contributed by atoms with van der Waals surface area (Å²) >= 11 is 1.36. The Balaban J connectivity index is 1.96. The largest absolute Gasteiger partial charge is 0.505 e. The highest BCUT2D eigenvalue weighted by Crippen LogP contribution is 2.34. The molecule has 0 aliphatic carbocycles. The molecule has 0 bridgehead atoms. The summed E-state index contributed by atoms with van der Waals surface area (Å²) in [5, 5.41) is 10.7. The van der Waals surface area contributed by atoms with Crippen molar-refractivity contribution in [2.24, 2.45) is 4.99 Å². The fraction of sp³-hybridized carbons (Fsp3) is 0.588. The van der Waals surface area contributed by atoms with Crippen LogP contribution >= 0.6 is 11.8 Å². The van der Waals surface area contributed by atoms with Crippen LogP contribution < -0.4 is 4.74 Å². The summed E-state index contributed by atoms with van der Waals surface area (Å²) in [5.74, 6) is 0.440. The van der Waals surface area contributed by atoms with Gasteiger partial charge in [0.25, 0.3) is 0 Å². The topological polar surface area (TPSA) is 99.5 Å². The summed E-state index contributed by atoms with van der Waals surface area (Å²) in [6.07, 6.45) is 1.51. The minimum Gasteiger partial charge on any atom is -0.505 e. The van der Waals surface area contributed by atoms with Gasteiger partial charge in [-0.05, 0) is 13.8 Å². The number of ether oxygens (including phenoxy) is 4. The van der Waals surface area contributed by atoms with Gasteiger partial charge in [0.1, 0.15) is 28.8 Å². The third kappa shape index (κ3) is 5.33. The molecule has 1 aliphatic rings. The summed E-state index contributed by atoms with van der Waals surface area (Å²) in [5.41, 5.74) is -0.634. The molecule has 144 valence electrons. The Hall–Kier alpha value is -1.84. The van der Waals surface area contributed by atoms with Crippen LogP contribution in [0.5, 0.6) is 11.5 Å². The third-order valence-corrected chi connectivity index (χ3v) is 4.79. The van der Waals surface area contributed by atoms with Crippen LogP contribution in [0, 0.1) is 0 Å². The van der Waals surface area contributed by atoms with Crippen molar-refractivity contribution in [3.8, 4) is 11.5 Å². The maximum absolute atomic E-state index is 12.0. The van der Waals surface area contributed by atoms with Crippen molar-refractivity contribution in [1.29, 1.82) is 0 Å². The van der Waals surface area contributed by atoms with Crippen molar-refractivity contribution in [3.05, 3.63) is 18.0 Å². The van der Waals surface area contributed by atoms with Crippen molar-refractivity contribution in [2.75, 3.05) is 45.9 Å². The summed E-state index contributed by atoms with van der Waals surface area (Å²) in [6.45, 7) is 5.54. The molecule has 1 unspecified atom stereocenters. The van der Waals surface area contributed by atoms with Gasteiger partial charge in [0.05, 0.1) is 32.6 Å². The molecule has 1 atom stereocenters. The first kappa shape index (κ1) is 20.5. The lowest BCUT2D eigenvalue weighted by atomic mass is 10.1. The lowest BCUT2D eigenvalue weighted by Crippen LogP contribution is -2.35. The van der Waals surface area contributed by atoms with Gasteiger partial charge < -0.3 is 24.1 Å². The Labute approximate surface area is 156 Å². The van der Waals surface area contributed by atoms with Crippen molar-refractivity contribution >= 4 is 22.8 Å². The van der Waals surface area contributed by atoms with Gasteiger partial charge in [-0.2, -0.15) is 0 Å². The molecule has 1 N–H and O–H groups in total. The molecule has 2 rings (SSSR count). The van der Waals surface area contributed by atoms with Gasteiger partial charge >= 0.3 is 5.97 Å². The zero-order valence-corrected chi connectivity index (χ0v) is 16.0. The van der Waals surface area contributed by atoms with E-state index in [-0.39, 0.29) is 11.7 Å². The van der Waals surface area contributed by atoms with Crippen molar-refractivity contribution in [1.82, 2.24) is 4.98 Å². The second-order valence-electron chi connectivity index (χ2n) is 5.69. The van der Waals surface area contributed by atoms with Crippen molar-refractivity contribution in [2.45, 2.75) is 19.4 Å². The first-order valence-corrected chi connectivity index (χ1v) is 9.27. The van der Waals surface area contributed by atoms with Gasteiger partial charge in [0, 0.05) is 18.9 Å². The molecule has 0 radical (unpaired) electrons. The van der Waals surface area contributed by atoms with Crippen LogP contribution in [-0.2, 0) is 19.0 Å². The van der Waals surface area contributed by atoms with Crippen LogP contribution in [0.25, 0.3) is 0 Å². The van der Waals surface area contributed by atoms with E-state index in [9.17, 15) is 9.90 Å². The molecule has 2 heterocycles. The number of aromatic hydroxyl groups is 1. The van der Waals surface area contributed by atoms with E-state index in [1.165, 1.54) is 24.0 Å². The molecule has 0 amide bonds. The number of carbonyl (C=O) groups is 1. The fourth-order valence-electron chi connectivity index (χ4n) is 2.15. The second-order valence-corrected chi connectivity index (χ2v) is 6.66. The highest BCUT2D eigenvalue weighted by molar-refractivity contribution is 8.14. The van der Waals surface area contributed by atoms with Gasteiger partial charge in [-0.15, -0.1) is 11.8 Å². The average Bonchev–Trinajstić information content (AvgIpc) is 3.02. The lowest BCUT2D eigenvalue weighted by molar-refractivity contribution is -0.147. The monoisotopic (exact) mass is 384 g/mol. The number of hydrogen-bond donors (Lipinski definition) is 1. The standard InChI is InChI=1S/C17H24N2O6S/c1-4-24-16(21)17(2)11-26-15(19-17)14-13(20)9-12(10-18-14)25-8-7-23-6-5-22-3/h9-10,20H,4-8,11H2,1-3H3. The Morgan fingerprint density at radius 3 is 2.81 bits per heavy atom. The predicted octanol–water partition coefficient (Wildman–Crippen LogP) is 1.64. The van der Waals surface area contributed by atoms with E-state index in [2.05, 4.69) is 9.98 Å². The van der Waals surface area contributed by atoms with E-state index in [1.807, 2.05) is 0 Å². The van der Waals surface area contributed by atoms with Crippen molar-refractivity contribution < 1.29 is 28.8 Å². The SMILES string of the molecule is CCOC(=O)C1(C)CSC(c2ncc(OCCOCCOC)cc2O)=N1. The van der Waals surface area contributed by atoms with Gasteiger partial charge in [-0.3, -0.25) is 4.99 Å². The Morgan fingerprint density at radius 1 is 1.35 bits per heavy atom. The van der Waals surface area contributed by atoms with E-state index in [1.54, 1.807) is 21.0 Å². The molecule has 1 aromatic rings. The van der Waals surface area contributed by atoms with Crippen LogP contribution in [0.15, 0.2) is 17.3 Å². The number of aromatic nitrogens is 1. The maximum Gasteiger partial charge on any atom is 0.334 e. The predicted molar refractivity (Wildman–Crippen MR) is 98.1 cm³/mol. The molecule has 0 spiro atoms. The molecule has 1 aromatic heterocycles. The summed E-state index contributed by atoms with van der Waals surface area (Å²) in [4.78, 5) is 20.7. The number of aliphatic imine (C=N–C) groups is 1. The quantitative estimate of drug-likeness (QED) is 0.480. The number of nitrogens with zero attached hydrogens (tertiary/aromatic N) is 2. The van der Waals surface area contributed by atoms with Crippen LogP contribution in [0.4, 0.5) is 0 Å².